The average Bonchev–Trinajstić information content (AvgIpc) is 2.27. The molecule has 0 aliphatic heterocycles. The number of nitro groups is 1. The summed E-state index contributed by atoms with van der Waals surface area (Å²) in [7, 11) is 0. The minimum atomic E-state index is -0.531. The van der Waals surface area contributed by atoms with Crippen LogP contribution in [0.3, 0.4) is 0 Å². The van der Waals surface area contributed by atoms with Gasteiger partial charge in [-0.25, -0.2) is 0 Å². The first-order valence-corrected chi connectivity index (χ1v) is 5.89. The maximum atomic E-state index is 10.8. The van der Waals surface area contributed by atoms with Crippen LogP contribution in [0.1, 0.15) is 32.8 Å². The molecule has 0 heterocycles. The molecule has 0 aliphatic carbocycles. The monoisotopic (exact) mass is 247 g/mol. The Labute approximate surface area is 107 Å². The summed E-state index contributed by atoms with van der Waals surface area (Å²) in [6.07, 6.45) is 0.980. The number of nitrogens with zero attached hydrogens (tertiary/aromatic N) is 2. The lowest BCUT2D eigenvalue weighted by atomic mass is 10.0. The van der Waals surface area contributed by atoms with E-state index in [1.54, 1.807) is 6.07 Å². The molecule has 18 heavy (non-hydrogen) atoms. The molecule has 5 nitrogen and oxygen atoms in total. The molecular formula is C13H17N3O2. The Balaban J connectivity index is 2.89. The molecule has 1 aromatic rings. The molecule has 0 spiro atoms. The fourth-order valence-corrected chi connectivity index (χ4v) is 1.92. The van der Waals surface area contributed by atoms with E-state index in [1.165, 1.54) is 12.1 Å². The third-order valence-corrected chi connectivity index (χ3v) is 2.55. The van der Waals surface area contributed by atoms with E-state index >= 15 is 0 Å². The van der Waals surface area contributed by atoms with Gasteiger partial charge >= 0.3 is 0 Å². The highest BCUT2D eigenvalue weighted by molar-refractivity contribution is 5.59. The number of nitro benzene ring substituents is 1. The summed E-state index contributed by atoms with van der Waals surface area (Å²) in [5.41, 5.74) is 0.607. The third kappa shape index (κ3) is 3.74. The molecule has 1 aromatic carbocycles. The van der Waals surface area contributed by atoms with E-state index in [-0.39, 0.29) is 17.3 Å². The molecule has 0 saturated heterocycles. The Morgan fingerprint density at radius 1 is 1.44 bits per heavy atom. The van der Waals surface area contributed by atoms with Crippen molar-refractivity contribution >= 4 is 11.4 Å². The molecule has 1 unspecified atom stereocenters. The highest BCUT2D eigenvalue weighted by Crippen LogP contribution is 2.23. The highest BCUT2D eigenvalue weighted by atomic mass is 16.6. The summed E-state index contributed by atoms with van der Waals surface area (Å²) in [6.45, 7) is 6.28. The fraction of sp³-hybridized carbons (Fsp3) is 0.462. The Morgan fingerprint density at radius 3 is 2.61 bits per heavy atom. The second-order valence-corrected chi connectivity index (χ2v) is 4.78. The molecule has 0 aromatic heterocycles. The van der Waals surface area contributed by atoms with E-state index in [2.05, 4.69) is 19.2 Å². The van der Waals surface area contributed by atoms with Crippen LogP contribution in [-0.4, -0.2) is 11.0 Å². The van der Waals surface area contributed by atoms with Gasteiger partial charge in [0.1, 0.15) is 11.6 Å². The summed E-state index contributed by atoms with van der Waals surface area (Å²) >= 11 is 0. The predicted molar refractivity (Wildman–Crippen MR) is 70.4 cm³/mol. The summed E-state index contributed by atoms with van der Waals surface area (Å²) in [4.78, 5) is 10.3. The van der Waals surface area contributed by atoms with Gasteiger partial charge in [0.05, 0.1) is 4.92 Å². The van der Waals surface area contributed by atoms with Gasteiger partial charge in [0.15, 0.2) is 0 Å². The molecule has 1 rings (SSSR count). The highest BCUT2D eigenvalue weighted by Gasteiger charge is 2.15. The number of rotatable bonds is 5. The number of nitrogens with one attached hydrogen (secondary N) is 1. The largest absolute Gasteiger partial charge is 0.382 e. The lowest BCUT2D eigenvalue weighted by Gasteiger charge is -2.17. The Kier molecular flexibility index (Phi) is 4.67. The molecule has 1 atom stereocenters. The zero-order chi connectivity index (χ0) is 13.7. The van der Waals surface area contributed by atoms with Crippen molar-refractivity contribution in [2.75, 3.05) is 5.32 Å². The quantitative estimate of drug-likeness (QED) is 0.639. The Bertz CT molecular complexity index is 478. The van der Waals surface area contributed by atoms with Crippen molar-refractivity contribution in [2.24, 2.45) is 5.92 Å². The van der Waals surface area contributed by atoms with Crippen LogP contribution in [-0.2, 0) is 0 Å². The van der Waals surface area contributed by atoms with Gasteiger partial charge in [-0.2, -0.15) is 5.26 Å². The third-order valence-electron chi connectivity index (χ3n) is 2.55. The number of anilines is 1. The Hall–Kier alpha value is -2.09. The van der Waals surface area contributed by atoms with Gasteiger partial charge in [-0.1, -0.05) is 13.8 Å². The second kappa shape index (κ2) is 6.01. The zero-order valence-corrected chi connectivity index (χ0v) is 10.8. The zero-order valence-electron chi connectivity index (χ0n) is 10.8. The van der Waals surface area contributed by atoms with Crippen LogP contribution in [0, 0.1) is 27.4 Å². The standard InChI is InChI=1S/C13H17N3O2/c1-9(2)6-10(3)15-12-5-4-11(8-14)13(7-12)16(17)18/h4-5,7,9-10,15H,6H2,1-3H3. The van der Waals surface area contributed by atoms with Crippen LogP contribution < -0.4 is 5.32 Å². The average molecular weight is 247 g/mol. The van der Waals surface area contributed by atoms with Gasteiger partial charge < -0.3 is 5.32 Å². The van der Waals surface area contributed by atoms with Crippen molar-refractivity contribution in [1.82, 2.24) is 0 Å². The molecule has 0 fully saturated rings. The summed E-state index contributed by atoms with van der Waals surface area (Å²) in [5.74, 6) is 0.556. The number of nitriles is 1. The maximum Gasteiger partial charge on any atom is 0.289 e. The molecule has 0 radical (unpaired) electrons. The van der Waals surface area contributed by atoms with Gasteiger partial charge in [-0.15, -0.1) is 0 Å². The summed E-state index contributed by atoms with van der Waals surface area (Å²) < 4.78 is 0. The van der Waals surface area contributed by atoms with Crippen molar-refractivity contribution in [2.45, 2.75) is 33.2 Å². The molecule has 1 N–H and O–H groups in total. The molecule has 0 aliphatic rings. The van der Waals surface area contributed by atoms with E-state index in [1.807, 2.05) is 13.0 Å². The predicted octanol–water partition coefficient (Wildman–Crippen LogP) is 3.31. The van der Waals surface area contributed by atoms with Crippen molar-refractivity contribution < 1.29 is 4.92 Å². The minimum Gasteiger partial charge on any atom is -0.382 e. The molecule has 0 bridgehead atoms. The molecule has 0 amide bonds. The van der Waals surface area contributed by atoms with E-state index < -0.39 is 4.92 Å². The van der Waals surface area contributed by atoms with Gasteiger partial charge in [0, 0.05) is 17.8 Å². The lowest BCUT2D eigenvalue weighted by molar-refractivity contribution is -0.385. The van der Waals surface area contributed by atoms with Crippen molar-refractivity contribution in [3.63, 3.8) is 0 Å². The van der Waals surface area contributed by atoms with Crippen LogP contribution in [0.5, 0.6) is 0 Å². The first kappa shape index (κ1) is 14.0. The minimum absolute atomic E-state index is 0.0852. The number of hydrogen-bond donors (Lipinski definition) is 1. The maximum absolute atomic E-state index is 10.8. The van der Waals surface area contributed by atoms with Crippen LogP contribution in [0.4, 0.5) is 11.4 Å². The summed E-state index contributed by atoms with van der Waals surface area (Å²) in [6, 6.07) is 6.64. The summed E-state index contributed by atoms with van der Waals surface area (Å²) in [5, 5.41) is 22.8. The number of benzene rings is 1. The SMILES string of the molecule is CC(C)CC(C)Nc1ccc(C#N)c([N+](=O)[O-])c1. The van der Waals surface area contributed by atoms with Crippen LogP contribution in [0.15, 0.2) is 18.2 Å². The van der Waals surface area contributed by atoms with Crippen molar-refractivity contribution in [3.05, 3.63) is 33.9 Å². The first-order chi connectivity index (χ1) is 8.43. The lowest BCUT2D eigenvalue weighted by Crippen LogP contribution is -2.17. The van der Waals surface area contributed by atoms with Crippen molar-refractivity contribution in [3.8, 4) is 6.07 Å². The Morgan fingerprint density at radius 2 is 2.11 bits per heavy atom. The van der Waals surface area contributed by atoms with Crippen molar-refractivity contribution in [1.29, 1.82) is 5.26 Å². The fourth-order valence-electron chi connectivity index (χ4n) is 1.92. The smallest absolute Gasteiger partial charge is 0.289 e. The van der Waals surface area contributed by atoms with Gasteiger partial charge in [-0.05, 0) is 31.4 Å². The van der Waals surface area contributed by atoms with E-state index in [9.17, 15) is 10.1 Å². The van der Waals surface area contributed by atoms with Gasteiger partial charge in [-0.3, -0.25) is 10.1 Å². The van der Waals surface area contributed by atoms with Gasteiger partial charge in [0.2, 0.25) is 0 Å². The van der Waals surface area contributed by atoms with E-state index in [4.69, 9.17) is 5.26 Å². The van der Waals surface area contributed by atoms with Crippen LogP contribution in [0.25, 0.3) is 0 Å². The topological polar surface area (TPSA) is 79.0 Å². The molecule has 0 saturated carbocycles. The van der Waals surface area contributed by atoms with E-state index in [0.717, 1.165) is 6.42 Å². The first-order valence-electron chi connectivity index (χ1n) is 5.89. The van der Waals surface area contributed by atoms with Crippen LogP contribution in [0.2, 0.25) is 0 Å². The normalized spacial score (nSPS) is 11.9. The van der Waals surface area contributed by atoms with E-state index in [0.29, 0.717) is 11.6 Å². The van der Waals surface area contributed by atoms with Gasteiger partial charge in [0.25, 0.3) is 5.69 Å². The molecular weight excluding hydrogens is 230 g/mol. The molecule has 5 heteroatoms. The second-order valence-electron chi connectivity index (χ2n) is 4.78. The number of hydrogen-bond acceptors (Lipinski definition) is 4. The van der Waals surface area contributed by atoms with Crippen LogP contribution >= 0.6 is 0 Å². The molecule has 96 valence electrons.